The van der Waals surface area contributed by atoms with E-state index < -0.39 is 65.2 Å². The normalized spacial score (nSPS) is 19.4. The molecule has 8 aliphatic rings. The van der Waals surface area contributed by atoms with Gasteiger partial charge in [-0.1, -0.05) is 36.4 Å². The first kappa shape index (κ1) is 84.1. The molecule has 6 aromatic heterocycles. The number of ether oxygens (including phenoxy) is 4. The Morgan fingerprint density at radius 1 is 0.415 bits per heavy atom. The number of carbonyl (C=O) groups excluding carboxylic acids is 8. The SMILES string of the molecule is NCCOCCOCCN1CCN(c2cccc(-c3cnc4ccc(N5CCC[C@H]5c5cccc(F)c5)nn34)n2)CC1.O=C1CCC(N2C(=O)c3ccc(F)cc3C2=O)C(=O)N1.O=C1CCC(N2C(=O)c3ccc(NCCOCCOCCN4CCN(c5cccc(-c6cnc7ccc(N8CCC[C@H]8c8cccc(F)c8)nn67)n5)CC4)cc3C2=O)C(=O)N1. The van der Waals surface area contributed by atoms with E-state index >= 15 is 0 Å². The van der Waals surface area contributed by atoms with Gasteiger partial charge in [0.15, 0.2) is 11.3 Å². The number of carbonyl (C=O) groups is 8. The van der Waals surface area contributed by atoms with Crippen LogP contribution in [0.1, 0.15) is 116 Å². The zero-order chi connectivity index (χ0) is 85.0. The second-order valence-electron chi connectivity index (χ2n) is 31.0. The van der Waals surface area contributed by atoms with Crippen LogP contribution in [-0.2, 0) is 38.1 Å². The molecule has 4 atom stereocenters. The highest BCUT2D eigenvalue weighted by Gasteiger charge is 2.47. The molecule has 2 unspecified atom stereocenters. The lowest BCUT2D eigenvalue weighted by atomic mass is 10.0. The van der Waals surface area contributed by atoms with Crippen LogP contribution in [0.15, 0.2) is 158 Å². The molecule has 6 saturated heterocycles. The molecule has 0 spiro atoms. The number of aromatic nitrogens is 8. The predicted molar refractivity (Wildman–Crippen MR) is 448 cm³/mol. The van der Waals surface area contributed by atoms with Gasteiger partial charge in [-0.2, -0.15) is 0 Å². The van der Waals surface area contributed by atoms with E-state index in [0.29, 0.717) is 71.6 Å². The lowest BCUT2D eigenvalue weighted by Gasteiger charge is -2.35. The van der Waals surface area contributed by atoms with Gasteiger partial charge >= 0.3 is 0 Å². The molecule has 640 valence electrons. The van der Waals surface area contributed by atoms with E-state index in [0.717, 1.165) is 195 Å². The van der Waals surface area contributed by atoms with Crippen LogP contribution in [0.2, 0.25) is 0 Å². The van der Waals surface area contributed by atoms with Gasteiger partial charge in [-0.3, -0.25) is 68.6 Å². The molecule has 8 aliphatic heterocycles. The highest BCUT2D eigenvalue weighted by molar-refractivity contribution is 6.24. The van der Waals surface area contributed by atoms with Crippen molar-refractivity contribution < 1.29 is 70.5 Å². The molecule has 0 bridgehead atoms. The van der Waals surface area contributed by atoms with Gasteiger partial charge in [-0.25, -0.2) is 42.1 Å². The number of nitrogens with two attached hydrogens (primary N) is 1. The summed E-state index contributed by atoms with van der Waals surface area (Å²) in [5, 5.41) is 17.5. The van der Waals surface area contributed by atoms with E-state index in [1.54, 1.807) is 42.5 Å². The average Bonchev–Trinajstić information content (AvgIpc) is 1.61. The molecule has 0 saturated carbocycles. The zero-order valence-corrected chi connectivity index (χ0v) is 67.8. The van der Waals surface area contributed by atoms with Gasteiger partial charge in [-0.15, -0.1) is 10.2 Å². The zero-order valence-electron chi connectivity index (χ0n) is 67.8. The number of halogens is 3. The number of rotatable bonds is 28. The predicted octanol–water partition coefficient (Wildman–Crippen LogP) is 7.55. The number of hydrogen-bond donors (Lipinski definition) is 4. The van der Waals surface area contributed by atoms with E-state index in [9.17, 15) is 51.5 Å². The minimum Gasteiger partial charge on any atom is -0.383 e. The maximum absolute atomic E-state index is 14.1. The third-order valence-corrected chi connectivity index (χ3v) is 23.2. The molecule has 8 amide bonds. The molecule has 4 aromatic carbocycles. The largest absolute Gasteiger partial charge is 0.383 e. The molecule has 10 aromatic rings. The molecule has 32 nitrogen and oxygen atoms in total. The summed E-state index contributed by atoms with van der Waals surface area (Å²) >= 11 is 0. The molecule has 5 N–H and O–H groups in total. The molecule has 14 heterocycles. The number of hydrogen-bond acceptors (Lipinski definition) is 26. The Bertz CT molecular complexity index is 5570. The van der Waals surface area contributed by atoms with Crippen molar-refractivity contribution in [2.45, 2.75) is 75.5 Å². The van der Waals surface area contributed by atoms with Crippen molar-refractivity contribution in [3.63, 3.8) is 0 Å². The van der Waals surface area contributed by atoms with Crippen LogP contribution >= 0.6 is 0 Å². The second-order valence-corrected chi connectivity index (χ2v) is 31.0. The topological polar surface area (TPSA) is 348 Å². The fourth-order valence-electron chi connectivity index (χ4n) is 16.9. The number of fused-ring (bicyclic) bond motifs is 4. The molecule has 123 heavy (non-hydrogen) atoms. The van der Waals surface area contributed by atoms with Gasteiger partial charge in [0.1, 0.15) is 64.2 Å². The third-order valence-electron chi connectivity index (χ3n) is 23.2. The van der Waals surface area contributed by atoms with Crippen molar-refractivity contribution in [3.05, 3.63) is 209 Å². The maximum atomic E-state index is 14.1. The lowest BCUT2D eigenvalue weighted by Crippen LogP contribution is -2.54. The molecular weight excluding hydrogens is 1590 g/mol. The maximum Gasteiger partial charge on any atom is 0.262 e. The summed E-state index contributed by atoms with van der Waals surface area (Å²) in [6.45, 7) is 16.0. The molecule has 6 fully saturated rings. The van der Waals surface area contributed by atoms with Crippen molar-refractivity contribution >= 4 is 87.5 Å². The first-order valence-corrected chi connectivity index (χ1v) is 41.7. The second kappa shape index (κ2) is 38.7. The van der Waals surface area contributed by atoms with Crippen LogP contribution in [0, 0.1) is 17.5 Å². The van der Waals surface area contributed by atoms with E-state index in [1.807, 2.05) is 88.2 Å². The minimum atomic E-state index is -1.02. The van der Waals surface area contributed by atoms with Gasteiger partial charge in [0.2, 0.25) is 23.6 Å². The summed E-state index contributed by atoms with van der Waals surface area (Å²) in [7, 11) is 0. The van der Waals surface area contributed by atoms with Gasteiger partial charge in [-0.05, 0) is 159 Å². The summed E-state index contributed by atoms with van der Waals surface area (Å²) < 4.78 is 67.6. The van der Waals surface area contributed by atoms with Crippen molar-refractivity contribution in [2.75, 3.05) is 169 Å². The van der Waals surface area contributed by atoms with Crippen LogP contribution in [0.25, 0.3) is 34.1 Å². The average molecular weight is 1680 g/mol. The Morgan fingerprint density at radius 2 is 0.854 bits per heavy atom. The van der Waals surface area contributed by atoms with Crippen LogP contribution in [-0.4, -0.2) is 263 Å². The van der Waals surface area contributed by atoms with Crippen LogP contribution < -0.4 is 41.3 Å². The van der Waals surface area contributed by atoms with E-state index in [-0.39, 0.29) is 71.7 Å². The molecule has 0 radical (unpaired) electrons. The summed E-state index contributed by atoms with van der Waals surface area (Å²) in [5.41, 5.74) is 13.3. The standard InChI is InChI=1S/C44H47FN10O6.C31H39FN8O2.C13H9FN2O4/c45-30-5-1-4-29(26-30)35-7-3-16-53(35)40-13-12-38-47-28-37(55(38)50-40)34-6-2-8-39(48-34)52-19-17-51(18-20-52)21-23-61-25-24-60-22-15-46-31-9-10-32-33(27-31)44(59)54(43(32)58)36-11-14-41(56)49-42(36)57;32-25-5-1-4-24(22-25)27-7-3-12-39(27)31-10-9-29-34-23-28(40(29)36-31)26-6-2-8-30(35-26)38-15-13-37(14-16-38)17-19-42-21-20-41-18-11-33;14-6-1-2-7-8(5-6)13(20)16(12(7)19)9-3-4-10(17)15-11(9)18/h1-2,4-6,8-10,12-13,26-28,35-36,46H,3,7,11,14-25H2,(H,49,56,57);1-2,4-6,8-10,22-23,27H,3,7,11-21,33H2;1-2,5,9H,3-4H2,(H,15,17,18)/t35-,36?;27-;/m00./s1. The fourth-order valence-corrected chi connectivity index (χ4v) is 16.9. The lowest BCUT2D eigenvalue weighted by molar-refractivity contribution is -0.137. The van der Waals surface area contributed by atoms with Gasteiger partial charge in [0.05, 0.1) is 111 Å². The number of amides is 8. The number of piperidine rings is 2. The highest BCUT2D eigenvalue weighted by Crippen LogP contribution is 2.39. The van der Waals surface area contributed by atoms with Crippen LogP contribution in [0.4, 0.5) is 42.1 Å². The fraction of sp³-hybridized carbons (Fsp3) is 0.386. The summed E-state index contributed by atoms with van der Waals surface area (Å²) in [4.78, 5) is 132. The number of imide groups is 4. The van der Waals surface area contributed by atoms with Crippen molar-refractivity contribution in [1.29, 1.82) is 0 Å². The first-order chi connectivity index (χ1) is 60.0. The Kier molecular flexibility index (Phi) is 26.5. The van der Waals surface area contributed by atoms with E-state index in [4.69, 9.17) is 44.8 Å². The molecule has 18 rings (SSSR count). The molecule has 35 heteroatoms. The Hall–Kier alpha value is -12.5. The third kappa shape index (κ3) is 19.2. The van der Waals surface area contributed by atoms with E-state index in [2.05, 4.69) is 61.4 Å². The van der Waals surface area contributed by atoms with Gasteiger partial charge < -0.3 is 49.6 Å². The Balaban J connectivity index is 0.000000155. The Labute approximate surface area is 706 Å². The number of piperazine rings is 2. The van der Waals surface area contributed by atoms with Gasteiger partial charge in [0.25, 0.3) is 23.6 Å². The number of anilines is 5. The van der Waals surface area contributed by atoms with Crippen LogP contribution in [0.3, 0.4) is 0 Å². The summed E-state index contributed by atoms with van der Waals surface area (Å²) in [5.74, 6) is -2.10. The monoisotopic (exact) mass is 1680 g/mol. The van der Waals surface area contributed by atoms with Crippen molar-refractivity contribution in [3.8, 4) is 22.8 Å². The number of benzene rings is 4. The highest BCUT2D eigenvalue weighted by atomic mass is 19.1. The van der Waals surface area contributed by atoms with Crippen molar-refractivity contribution in [1.82, 2.24) is 69.4 Å². The number of nitrogens with zero attached hydrogens (tertiary/aromatic N) is 16. The summed E-state index contributed by atoms with van der Waals surface area (Å²) in [6.07, 6.45) is 7.93. The van der Waals surface area contributed by atoms with E-state index in [1.165, 1.54) is 18.2 Å². The smallest absolute Gasteiger partial charge is 0.262 e. The first-order valence-electron chi connectivity index (χ1n) is 41.7. The molecular formula is C88H95F3N20O12. The van der Waals surface area contributed by atoms with Crippen molar-refractivity contribution in [2.24, 2.45) is 5.73 Å². The minimum absolute atomic E-state index is 0.0537. The Morgan fingerprint density at radius 3 is 1.33 bits per heavy atom. The van der Waals surface area contributed by atoms with Gasteiger partial charge in [0, 0.05) is 110 Å². The number of imidazole rings is 2. The summed E-state index contributed by atoms with van der Waals surface area (Å²) in [6, 6.07) is 40.2. The number of nitrogens with one attached hydrogen (secondary N) is 3. The number of pyridine rings is 2. The quantitative estimate of drug-likeness (QED) is 0.0271. The van der Waals surface area contributed by atoms with Crippen LogP contribution in [0.5, 0.6) is 0 Å². The molecule has 0 aliphatic carbocycles.